The van der Waals surface area contributed by atoms with Crippen molar-refractivity contribution < 1.29 is 28.6 Å². The molecule has 2 aromatic rings. The highest BCUT2D eigenvalue weighted by Gasteiger charge is 2.44. The number of hydrogen-bond acceptors (Lipinski definition) is 6. The number of aliphatic hydroxyl groups excluding tert-OH is 1. The van der Waals surface area contributed by atoms with Gasteiger partial charge < -0.3 is 19.0 Å². The number of rotatable bonds is 13. The molecular weight excluding hydrogens is 558 g/mol. The van der Waals surface area contributed by atoms with Crippen molar-refractivity contribution in [2.24, 2.45) is 0 Å². The van der Waals surface area contributed by atoms with Crippen LogP contribution in [0.4, 0.5) is 4.79 Å². The predicted octanol–water partition coefficient (Wildman–Crippen LogP) is 7.22. The number of carbonyl (C=O) groups is 2. The predicted molar refractivity (Wildman–Crippen MR) is 173 cm³/mol. The number of allylic oxidation sites excluding steroid dienone is 1. The van der Waals surface area contributed by atoms with Crippen molar-refractivity contribution in [3.8, 4) is 0 Å². The second kappa shape index (κ2) is 15.1. The van der Waals surface area contributed by atoms with Gasteiger partial charge in [-0.15, -0.1) is 0 Å². The molecule has 1 heterocycles. The number of cyclic esters (lactones) is 1. The molecule has 0 spiro atoms. The number of carbonyl (C=O) groups excluding carboxylic acids is 2. The fourth-order valence-corrected chi connectivity index (χ4v) is 6.01. The smallest absolute Gasteiger partial charge is 0.417 e. The van der Waals surface area contributed by atoms with E-state index in [1.54, 1.807) is 6.92 Å². The van der Waals surface area contributed by atoms with Crippen molar-refractivity contribution in [1.29, 1.82) is 0 Å². The third-order valence-electron chi connectivity index (χ3n) is 8.64. The van der Waals surface area contributed by atoms with E-state index in [1.165, 1.54) is 0 Å². The summed E-state index contributed by atoms with van der Waals surface area (Å²) in [5.41, 5.74) is 3.52. The molecule has 1 N–H and O–H groups in total. The highest BCUT2D eigenvalue weighted by atomic mass is 28.4. The number of nitrogens with zero attached hydrogens (tertiary/aromatic N) is 1. The first-order chi connectivity index (χ1) is 20.2. The number of imide groups is 1. The molecule has 0 radical (unpaired) electrons. The maximum absolute atomic E-state index is 14.0. The molecule has 3 rings (SSSR count). The van der Waals surface area contributed by atoms with Crippen molar-refractivity contribution in [2.75, 3.05) is 6.61 Å². The van der Waals surface area contributed by atoms with Gasteiger partial charge in [-0.05, 0) is 74.0 Å². The summed E-state index contributed by atoms with van der Waals surface area (Å²) >= 11 is 0. The Hall–Kier alpha value is -3.04. The number of benzene rings is 2. The molecule has 1 fully saturated rings. The van der Waals surface area contributed by atoms with Crippen molar-refractivity contribution >= 4 is 20.3 Å². The van der Waals surface area contributed by atoms with E-state index < -0.39 is 38.6 Å². The van der Waals surface area contributed by atoms with Crippen LogP contribution < -0.4 is 0 Å². The molecule has 2 aromatic carbocycles. The first-order valence-corrected chi connectivity index (χ1v) is 18.0. The molecule has 0 aliphatic carbocycles. The molecule has 1 aliphatic heterocycles. The first-order valence-electron chi connectivity index (χ1n) is 15.1. The monoisotopic (exact) mass is 607 g/mol. The zero-order chi connectivity index (χ0) is 31.8. The van der Waals surface area contributed by atoms with Crippen molar-refractivity contribution in [1.82, 2.24) is 4.90 Å². The Kier molecular flexibility index (Phi) is 12.1. The van der Waals surface area contributed by atoms with Crippen LogP contribution in [0, 0.1) is 0 Å². The van der Waals surface area contributed by atoms with Gasteiger partial charge >= 0.3 is 6.09 Å². The average Bonchev–Trinajstić information content (AvgIpc) is 3.34. The van der Waals surface area contributed by atoms with E-state index in [4.69, 9.17) is 13.9 Å². The molecule has 7 nitrogen and oxygen atoms in total. The van der Waals surface area contributed by atoms with Crippen LogP contribution in [0.2, 0.25) is 18.1 Å². The zero-order valence-electron chi connectivity index (χ0n) is 27.0. The molecule has 0 unspecified atom stereocenters. The third-order valence-corrected chi connectivity index (χ3v) is 13.1. The Morgan fingerprint density at radius 3 is 2.19 bits per heavy atom. The van der Waals surface area contributed by atoms with Crippen molar-refractivity contribution in [3.05, 3.63) is 95.1 Å². The minimum Gasteiger partial charge on any atom is -0.447 e. The van der Waals surface area contributed by atoms with E-state index in [0.717, 1.165) is 21.6 Å². The van der Waals surface area contributed by atoms with Gasteiger partial charge in [0.25, 0.3) is 5.91 Å². The second-order valence-corrected chi connectivity index (χ2v) is 17.6. The molecule has 1 saturated heterocycles. The maximum atomic E-state index is 14.0. The fraction of sp³-hybridized carbons (Fsp3) is 0.486. The van der Waals surface area contributed by atoms with E-state index in [-0.39, 0.29) is 24.4 Å². The summed E-state index contributed by atoms with van der Waals surface area (Å²) in [7, 11) is -2.07. The topological polar surface area (TPSA) is 85.3 Å². The van der Waals surface area contributed by atoms with Crippen LogP contribution in [0.5, 0.6) is 0 Å². The number of aliphatic hydroxyl groups is 1. The normalized spacial score (nSPS) is 18.8. The zero-order valence-corrected chi connectivity index (χ0v) is 28.0. The second-order valence-electron chi connectivity index (χ2n) is 12.9. The Morgan fingerprint density at radius 1 is 1.05 bits per heavy atom. The van der Waals surface area contributed by atoms with E-state index in [0.29, 0.717) is 18.4 Å². The van der Waals surface area contributed by atoms with Gasteiger partial charge in [-0.2, -0.15) is 0 Å². The SMILES string of the molecule is C/C=C(/C)[C@@H](C/C=C(\C)[C@@H](O)[C@H](OCc1ccccc1)C(=O)N1C(=O)OC[C@@H]1Cc1ccccc1)O[Si](C)(C)C(C)(C)C. The summed E-state index contributed by atoms with van der Waals surface area (Å²) in [5, 5.41) is 11.6. The van der Waals surface area contributed by atoms with Crippen LogP contribution in [0.15, 0.2) is 84.0 Å². The molecule has 1 aliphatic rings. The van der Waals surface area contributed by atoms with Crippen LogP contribution in [-0.2, 0) is 31.7 Å². The van der Waals surface area contributed by atoms with Gasteiger partial charge in [-0.1, -0.05) is 93.6 Å². The van der Waals surface area contributed by atoms with Gasteiger partial charge in [-0.25, -0.2) is 9.69 Å². The lowest BCUT2D eigenvalue weighted by Gasteiger charge is -2.39. The van der Waals surface area contributed by atoms with Crippen LogP contribution in [0.1, 0.15) is 59.1 Å². The summed E-state index contributed by atoms with van der Waals surface area (Å²) in [6, 6.07) is 18.6. The van der Waals surface area contributed by atoms with Gasteiger partial charge in [0, 0.05) is 0 Å². The Labute approximate surface area is 258 Å². The lowest BCUT2D eigenvalue weighted by Crippen LogP contribution is -2.50. The molecule has 8 heteroatoms. The van der Waals surface area contributed by atoms with Gasteiger partial charge in [0.15, 0.2) is 14.4 Å². The highest BCUT2D eigenvalue weighted by Crippen LogP contribution is 2.38. The Morgan fingerprint density at radius 2 is 1.63 bits per heavy atom. The van der Waals surface area contributed by atoms with Gasteiger partial charge in [-0.3, -0.25) is 4.79 Å². The molecule has 234 valence electrons. The Bertz CT molecular complexity index is 1270. The molecule has 4 atom stereocenters. The minimum absolute atomic E-state index is 0.0426. The Balaban J connectivity index is 1.87. The average molecular weight is 608 g/mol. The van der Waals surface area contributed by atoms with Crippen molar-refractivity contribution in [2.45, 2.75) is 103 Å². The van der Waals surface area contributed by atoms with Crippen LogP contribution in [0.25, 0.3) is 0 Å². The van der Waals surface area contributed by atoms with Gasteiger partial charge in [0.1, 0.15) is 12.7 Å². The summed E-state index contributed by atoms with van der Waals surface area (Å²) < 4.78 is 18.2. The van der Waals surface area contributed by atoms with E-state index in [9.17, 15) is 14.7 Å². The van der Waals surface area contributed by atoms with Crippen LogP contribution in [0.3, 0.4) is 0 Å². The third kappa shape index (κ3) is 9.22. The summed E-state index contributed by atoms with van der Waals surface area (Å²) in [6.07, 6.45) is 1.50. The van der Waals surface area contributed by atoms with E-state index in [2.05, 4.69) is 46.9 Å². The minimum atomic E-state index is -2.07. The first kappa shape index (κ1) is 34.4. The molecule has 43 heavy (non-hydrogen) atoms. The highest BCUT2D eigenvalue weighted by molar-refractivity contribution is 6.74. The lowest BCUT2D eigenvalue weighted by atomic mass is 9.99. The molecular formula is C35H49NO6Si. The fourth-order valence-electron chi connectivity index (χ4n) is 4.66. The van der Waals surface area contributed by atoms with E-state index in [1.807, 2.05) is 73.7 Å². The molecule has 2 amide bonds. The van der Waals surface area contributed by atoms with Crippen LogP contribution >= 0.6 is 0 Å². The quantitative estimate of drug-likeness (QED) is 0.191. The maximum Gasteiger partial charge on any atom is 0.417 e. The van der Waals surface area contributed by atoms with Crippen LogP contribution in [-0.4, -0.2) is 61.3 Å². The summed E-state index contributed by atoms with van der Waals surface area (Å²) in [6.45, 7) is 17.1. The van der Waals surface area contributed by atoms with Crippen molar-refractivity contribution in [3.63, 3.8) is 0 Å². The lowest BCUT2D eigenvalue weighted by molar-refractivity contribution is -0.149. The number of amides is 2. The number of ether oxygens (including phenoxy) is 2. The van der Waals surface area contributed by atoms with E-state index >= 15 is 0 Å². The summed E-state index contributed by atoms with van der Waals surface area (Å²) in [5.74, 6) is -0.613. The summed E-state index contributed by atoms with van der Waals surface area (Å²) in [4.78, 5) is 28.0. The number of hydrogen-bond donors (Lipinski definition) is 1. The molecule has 0 aromatic heterocycles. The standard InChI is InChI=1S/C35H49NO6Si/c1-9-25(2)30(42-43(7,8)35(4,5)6)21-20-26(3)31(37)32(40-23-28-18-14-11-15-19-28)33(38)36-29(24-41-34(36)39)22-27-16-12-10-13-17-27/h9-20,29-32,37H,21-24H2,1-8H3/b25-9-,26-20+/t29-,30+,31+,32-/m0/s1. The molecule has 0 bridgehead atoms. The van der Waals surface area contributed by atoms with Gasteiger partial charge in [0.2, 0.25) is 0 Å². The van der Waals surface area contributed by atoms with Gasteiger partial charge in [0.05, 0.1) is 18.8 Å². The molecule has 0 saturated carbocycles. The largest absolute Gasteiger partial charge is 0.447 e.